The maximum absolute atomic E-state index is 12.8. The highest BCUT2D eigenvalue weighted by atomic mass is 79.9. The molecule has 0 spiro atoms. The number of aryl methyl sites for hydroxylation is 1. The summed E-state index contributed by atoms with van der Waals surface area (Å²) in [6.07, 6.45) is 3.46. The maximum atomic E-state index is 12.8. The summed E-state index contributed by atoms with van der Waals surface area (Å²) in [5, 5.41) is 5.22. The second kappa shape index (κ2) is 9.33. The van der Waals surface area contributed by atoms with Crippen molar-refractivity contribution in [2.45, 2.75) is 6.92 Å². The van der Waals surface area contributed by atoms with Gasteiger partial charge in [-0.2, -0.15) is 0 Å². The van der Waals surface area contributed by atoms with Crippen LogP contribution in [0.2, 0.25) is 0 Å². The SMILES string of the molecule is COc1ccc(-n2cc(/C=C3/NC(=O)N(CC(=O)Nc4ccc(Br)cc4)C3=O)cc2C)cc1. The van der Waals surface area contributed by atoms with Crippen LogP contribution >= 0.6 is 15.9 Å². The summed E-state index contributed by atoms with van der Waals surface area (Å²) < 4.78 is 8.04. The Bertz CT molecular complexity index is 1250. The Hall–Kier alpha value is -3.85. The number of aromatic nitrogens is 1. The number of hydrogen-bond acceptors (Lipinski definition) is 4. The third kappa shape index (κ3) is 4.98. The van der Waals surface area contributed by atoms with Gasteiger partial charge in [-0.25, -0.2) is 9.69 Å². The number of nitrogens with zero attached hydrogens (tertiary/aromatic N) is 2. The Balaban J connectivity index is 1.47. The zero-order valence-electron chi connectivity index (χ0n) is 18.0. The molecule has 0 unspecified atom stereocenters. The van der Waals surface area contributed by atoms with Crippen LogP contribution in [-0.2, 0) is 9.59 Å². The first-order valence-corrected chi connectivity index (χ1v) is 10.9. The Kier molecular flexibility index (Phi) is 6.32. The van der Waals surface area contributed by atoms with Crippen molar-refractivity contribution in [2.75, 3.05) is 19.0 Å². The molecule has 0 atom stereocenters. The molecule has 1 fully saturated rings. The van der Waals surface area contributed by atoms with Gasteiger partial charge in [-0.15, -0.1) is 0 Å². The van der Waals surface area contributed by atoms with Gasteiger partial charge >= 0.3 is 6.03 Å². The molecule has 1 saturated heterocycles. The molecule has 0 aliphatic carbocycles. The lowest BCUT2D eigenvalue weighted by Gasteiger charge is -2.12. The van der Waals surface area contributed by atoms with Crippen molar-refractivity contribution in [3.63, 3.8) is 0 Å². The Morgan fingerprint density at radius 2 is 1.82 bits per heavy atom. The second-order valence-electron chi connectivity index (χ2n) is 7.42. The van der Waals surface area contributed by atoms with Gasteiger partial charge < -0.3 is 19.9 Å². The lowest BCUT2D eigenvalue weighted by Crippen LogP contribution is -2.38. The number of ether oxygens (including phenoxy) is 1. The van der Waals surface area contributed by atoms with Crippen molar-refractivity contribution in [1.29, 1.82) is 0 Å². The van der Waals surface area contributed by atoms with Crippen LogP contribution in [0.5, 0.6) is 5.75 Å². The van der Waals surface area contributed by atoms with Crippen molar-refractivity contribution < 1.29 is 19.1 Å². The van der Waals surface area contributed by atoms with Crippen molar-refractivity contribution in [2.24, 2.45) is 0 Å². The number of methoxy groups -OCH3 is 1. The van der Waals surface area contributed by atoms with Crippen LogP contribution < -0.4 is 15.4 Å². The number of imide groups is 1. The first-order chi connectivity index (χ1) is 15.8. The molecular weight excluding hydrogens is 488 g/mol. The van der Waals surface area contributed by atoms with E-state index >= 15 is 0 Å². The number of anilines is 1. The van der Waals surface area contributed by atoms with E-state index in [4.69, 9.17) is 4.74 Å². The number of carbonyl (C=O) groups is 3. The molecule has 1 aliphatic rings. The molecule has 4 rings (SSSR count). The van der Waals surface area contributed by atoms with Gasteiger partial charge in [0.1, 0.15) is 18.0 Å². The topological polar surface area (TPSA) is 92.7 Å². The monoisotopic (exact) mass is 508 g/mol. The van der Waals surface area contributed by atoms with E-state index in [0.29, 0.717) is 5.69 Å². The largest absolute Gasteiger partial charge is 0.497 e. The van der Waals surface area contributed by atoms with Crippen LogP contribution in [0.4, 0.5) is 10.5 Å². The molecular formula is C24H21BrN4O4. The van der Waals surface area contributed by atoms with E-state index in [1.54, 1.807) is 37.5 Å². The minimum absolute atomic E-state index is 0.114. The van der Waals surface area contributed by atoms with Crippen molar-refractivity contribution in [3.8, 4) is 11.4 Å². The summed E-state index contributed by atoms with van der Waals surface area (Å²) in [5.41, 5.74) is 3.32. The van der Waals surface area contributed by atoms with Gasteiger partial charge in [0.2, 0.25) is 5.91 Å². The van der Waals surface area contributed by atoms with Gasteiger partial charge in [-0.05, 0) is 73.2 Å². The minimum atomic E-state index is -0.636. The van der Waals surface area contributed by atoms with Gasteiger partial charge in [0, 0.05) is 27.7 Å². The molecule has 8 nitrogen and oxygen atoms in total. The molecule has 3 aromatic rings. The predicted molar refractivity (Wildman–Crippen MR) is 128 cm³/mol. The fourth-order valence-corrected chi connectivity index (χ4v) is 3.72. The number of benzene rings is 2. The first-order valence-electron chi connectivity index (χ1n) is 10.1. The van der Waals surface area contributed by atoms with E-state index in [1.807, 2.05) is 48.0 Å². The summed E-state index contributed by atoms with van der Waals surface area (Å²) in [5.74, 6) is -0.265. The molecule has 33 heavy (non-hydrogen) atoms. The number of carbonyl (C=O) groups excluding carboxylic acids is 3. The van der Waals surface area contributed by atoms with Crippen molar-refractivity contribution >= 4 is 45.5 Å². The van der Waals surface area contributed by atoms with Crippen LogP contribution in [0.25, 0.3) is 11.8 Å². The molecule has 4 amide bonds. The number of urea groups is 1. The molecule has 0 bridgehead atoms. The van der Waals surface area contributed by atoms with Gasteiger partial charge in [0.25, 0.3) is 5.91 Å². The number of rotatable bonds is 6. The predicted octanol–water partition coefficient (Wildman–Crippen LogP) is 4.09. The number of amides is 4. The molecule has 1 aliphatic heterocycles. The Labute approximate surface area is 199 Å². The van der Waals surface area contributed by atoms with Gasteiger partial charge in [-0.3, -0.25) is 9.59 Å². The fourth-order valence-electron chi connectivity index (χ4n) is 3.46. The van der Waals surface area contributed by atoms with Crippen LogP contribution in [0.15, 0.2) is 71.0 Å². The summed E-state index contributed by atoms with van der Waals surface area (Å²) in [4.78, 5) is 38.3. The third-order valence-corrected chi connectivity index (χ3v) is 5.62. The number of halogens is 1. The average molecular weight is 509 g/mol. The first kappa shape index (κ1) is 22.3. The molecule has 168 valence electrons. The van der Waals surface area contributed by atoms with Crippen LogP contribution in [0, 0.1) is 6.92 Å². The number of nitrogens with one attached hydrogen (secondary N) is 2. The average Bonchev–Trinajstić information content (AvgIpc) is 3.29. The van der Waals surface area contributed by atoms with E-state index in [2.05, 4.69) is 26.6 Å². The highest BCUT2D eigenvalue weighted by Gasteiger charge is 2.35. The molecule has 2 N–H and O–H groups in total. The van der Waals surface area contributed by atoms with Crippen molar-refractivity contribution in [1.82, 2.24) is 14.8 Å². The minimum Gasteiger partial charge on any atom is -0.497 e. The van der Waals surface area contributed by atoms with E-state index in [0.717, 1.165) is 32.1 Å². The summed E-state index contributed by atoms with van der Waals surface area (Å²) in [6.45, 7) is 1.56. The van der Waals surface area contributed by atoms with Gasteiger partial charge in [-0.1, -0.05) is 15.9 Å². The van der Waals surface area contributed by atoms with E-state index in [1.165, 1.54) is 0 Å². The lowest BCUT2D eigenvalue weighted by atomic mass is 10.2. The summed E-state index contributed by atoms with van der Waals surface area (Å²) in [6, 6.07) is 15.9. The highest BCUT2D eigenvalue weighted by Crippen LogP contribution is 2.21. The molecule has 9 heteroatoms. The fraction of sp³-hybridized carbons (Fsp3) is 0.125. The third-order valence-electron chi connectivity index (χ3n) is 5.09. The molecule has 0 radical (unpaired) electrons. The summed E-state index contributed by atoms with van der Waals surface area (Å²) in [7, 11) is 1.61. The van der Waals surface area contributed by atoms with E-state index in [-0.39, 0.29) is 12.2 Å². The van der Waals surface area contributed by atoms with E-state index < -0.39 is 17.8 Å². The van der Waals surface area contributed by atoms with Gasteiger partial charge in [0.05, 0.1) is 7.11 Å². The van der Waals surface area contributed by atoms with E-state index in [9.17, 15) is 14.4 Å². The van der Waals surface area contributed by atoms with Crippen molar-refractivity contribution in [3.05, 3.63) is 82.2 Å². The quantitative estimate of drug-likeness (QED) is 0.387. The normalized spacial score (nSPS) is 14.5. The summed E-state index contributed by atoms with van der Waals surface area (Å²) >= 11 is 3.33. The second-order valence-corrected chi connectivity index (χ2v) is 8.33. The van der Waals surface area contributed by atoms with Crippen LogP contribution in [0.1, 0.15) is 11.3 Å². The Morgan fingerprint density at radius 1 is 1.12 bits per heavy atom. The molecule has 0 saturated carbocycles. The smallest absolute Gasteiger partial charge is 0.329 e. The molecule has 2 aromatic carbocycles. The molecule has 1 aromatic heterocycles. The lowest BCUT2D eigenvalue weighted by molar-refractivity contribution is -0.127. The number of hydrogen-bond donors (Lipinski definition) is 2. The van der Waals surface area contributed by atoms with Gasteiger partial charge in [0.15, 0.2) is 0 Å². The zero-order valence-corrected chi connectivity index (χ0v) is 19.5. The Morgan fingerprint density at radius 3 is 2.48 bits per heavy atom. The highest BCUT2D eigenvalue weighted by molar-refractivity contribution is 9.10. The standard InChI is InChI=1S/C24H21BrN4O4/c1-15-11-16(13-28(15)19-7-9-20(33-2)10-8-19)12-21-23(31)29(24(32)27-21)14-22(30)26-18-5-3-17(25)4-6-18/h3-13H,14H2,1-2H3,(H,26,30)(H,27,32)/b21-12+. The zero-order chi connectivity index (χ0) is 23.5. The van der Waals surface area contributed by atoms with Crippen LogP contribution in [-0.4, -0.2) is 41.0 Å². The van der Waals surface area contributed by atoms with Crippen LogP contribution in [0.3, 0.4) is 0 Å². The maximum Gasteiger partial charge on any atom is 0.329 e. The molecule has 2 heterocycles.